The second-order valence-corrected chi connectivity index (χ2v) is 4.68. The molecule has 0 spiro atoms. The van der Waals surface area contributed by atoms with Gasteiger partial charge in [-0.15, -0.1) is 0 Å². The van der Waals surface area contributed by atoms with Crippen molar-refractivity contribution in [2.75, 3.05) is 6.54 Å². The summed E-state index contributed by atoms with van der Waals surface area (Å²) < 4.78 is 0. The summed E-state index contributed by atoms with van der Waals surface area (Å²) in [5.74, 6) is 0. The summed E-state index contributed by atoms with van der Waals surface area (Å²) in [6.45, 7) is 3.54. The van der Waals surface area contributed by atoms with Crippen molar-refractivity contribution in [3.8, 4) is 0 Å². The fraction of sp³-hybridized carbons (Fsp3) is 0.294. The molecule has 0 fully saturated rings. The lowest BCUT2D eigenvalue weighted by atomic mass is 10.1. The second kappa shape index (κ2) is 7.07. The molecule has 2 N–H and O–H groups in total. The van der Waals surface area contributed by atoms with Gasteiger partial charge in [0.1, 0.15) is 0 Å². The van der Waals surface area contributed by atoms with Gasteiger partial charge in [0.25, 0.3) is 0 Å². The highest BCUT2D eigenvalue weighted by Crippen LogP contribution is 2.12. The number of aliphatic hydroxyl groups excluding tert-OH is 1. The van der Waals surface area contributed by atoms with Gasteiger partial charge in [-0.2, -0.15) is 0 Å². The average molecular weight is 255 g/mol. The van der Waals surface area contributed by atoms with E-state index in [4.69, 9.17) is 0 Å². The third kappa shape index (κ3) is 3.91. The van der Waals surface area contributed by atoms with Crippen LogP contribution < -0.4 is 5.32 Å². The van der Waals surface area contributed by atoms with Gasteiger partial charge in [0.15, 0.2) is 0 Å². The Balaban J connectivity index is 1.87. The molecule has 0 bridgehead atoms. The number of hydrogen-bond acceptors (Lipinski definition) is 2. The number of hydrogen-bond donors (Lipinski definition) is 2. The molecule has 0 aliphatic carbocycles. The quantitative estimate of drug-likeness (QED) is 0.831. The van der Waals surface area contributed by atoms with E-state index in [0.717, 1.165) is 18.5 Å². The molecule has 0 amide bonds. The number of nitrogens with one attached hydrogen (secondary N) is 1. The topological polar surface area (TPSA) is 32.3 Å². The first-order valence-corrected chi connectivity index (χ1v) is 6.81. The normalized spacial score (nSPS) is 12.3. The first-order valence-electron chi connectivity index (χ1n) is 6.81. The molecule has 0 aromatic heterocycles. The zero-order valence-electron chi connectivity index (χ0n) is 11.3. The Morgan fingerprint density at radius 3 is 2.26 bits per heavy atom. The van der Waals surface area contributed by atoms with Crippen LogP contribution >= 0.6 is 0 Å². The van der Waals surface area contributed by atoms with E-state index in [1.807, 2.05) is 30.3 Å². The fourth-order valence-corrected chi connectivity index (χ4v) is 2.21. The molecule has 2 aromatic carbocycles. The minimum Gasteiger partial charge on any atom is -0.387 e. The fourth-order valence-electron chi connectivity index (χ4n) is 2.21. The monoisotopic (exact) mass is 255 g/mol. The van der Waals surface area contributed by atoms with Crippen LogP contribution in [0.1, 0.15) is 29.7 Å². The van der Waals surface area contributed by atoms with Crippen LogP contribution in [0.25, 0.3) is 0 Å². The van der Waals surface area contributed by atoms with E-state index in [1.165, 1.54) is 11.1 Å². The van der Waals surface area contributed by atoms with E-state index in [0.29, 0.717) is 6.54 Å². The van der Waals surface area contributed by atoms with Gasteiger partial charge in [-0.05, 0) is 23.1 Å². The van der Waals surface area contributed by atoms with Gasteiger partial charge in [-0.3, -0.25) is 0 Å². The van der Waals surface area contributed by atoms with Crippen LogP contribution in [-0.2, 0) is 13.0 Å². The van der Waals surface area contributed by atoms with Gasteiger partial charge >= 0.3 is 0 Å². The highest BCUT2D eigenvalue weighted by Gasteiger charge is 2.06. The minimum atomic E-state index is -0.449. The standard InChI is InChI=1S/C17H21NO/c1-2-14-8-6-7-11-16(14)12-18-13-17(19)15-9-4-3-5-10-15/h3-11,17-19H,2,12-13H2,1H3. The lowest BCUT2D eigenvalue weighted by Crippen LogP contribution is -2.21. The molecule has 2 heteroatoms. The molecule has 0 saturated carbocycles. The Morgan fingerprint density at radius 2 is 1.58 bits per heavy atom. The van der Waals surface area contributed by atoms with Crippen molar-refractivity contribution in [3.05, 3.63) is 71.3 Å². The molecule has 0 saturated heterocycles. The molecule has 100 valence electrons. The Kier molecular flexibility index (Phi) is 5.13. The van der Waals surface area contributed by atoms with Gasteiger partial charge in [0.2, 0.25) is 0 Å². The third-order valence-electron chi connectivity index (χ3n) is 3.34. The smallest absolute Gasteiger partial charge is 0.0914 e. The predicted octanol–water partition coefficient (Wildman–Crippen LogP) is 3.07. The van der Waals surface area contributed by atoms with E-state index in [2.05, 4.69) is 36.5 Å². The molecular formula is C17H21NO. The third-order valence-corrected chi connectivity index (χ3v) is 3.34. The first kappa shape index (κ1) is 13.8. The van der Waals surface area contributed by atoms with Crippen molar-refractivity contribution in [3.63, 3.8) is 0 Å². The van der Waals surface area contributed by atoms with Crippen molar-refractivity contribution in [2.45, 2.75) is 26.0 Å². The number of aliphatic hydroxyl groups is 1. The zero-order valence-corrected chi connectivity index (χ0v) is 11.3. The van der Waals surface area contributed by atoms with Crippen molar-refractivity contribution in [2.24, 2.45) is 0 Å². The van der Waals surface area contributed by atoms with Crippen LogP contribution in [-0.4, -0.2) is 11.7 Å². The van der Waals surface area contributed by atoms with Gasteiger partial charge < -0.3 is 10.4 Å². The molecule has 1 unspecified atom stereocenters. The summed E-state index contributed by atoms with van der Waals surface area (Å²) in [7, 11) is 0. The second-order valence-electron chi connectivity index (χ2n) is 4.68. The minimum absolute atomic E-state index is 0.449. The maximum atomic E-state index is 10.1. The molecular weight excluding hydrogens is 234 g/mol. The van der Waals surface area contributed by atoms with Gasteiger partial charge in [-0.1, -0.05) is 61.5 Å². The Hall–Kier alpha value is -1.64. The van der Waals surface area contributed by atoms with Crippen molar-refractivity contribution < 1.29 is 5.11 Å². The highest BCUT2D eigenvalue weighted by molar-refractivity contribution is 5.27. The molecule has 0 radical (unpaired) electrons. The Morgan fingerprint density at radius 1 is 0.947 bits per heavy atom. The average Bonchev–Trinajstić information content (AvgIpc) is 2.48. The van der Waals surface area contributed by atoms with Crippen LogP contribution in [0, 0.1) is 0 Å². The summed E-state index contributed by atoms with van der Waals surface area (Å²) in [6.07, 6.45) is 0.592. The van der Waals surface area contributed by atoms with Crippen LogP contribution in [0.4, 0.5) is 0 Å². The molecule has 2 aromatic rings. The summed E-state index contributed by atoms with van der Waals surface area (Å²) in [5.41, 5.74) is 3.63. The SMILES string of the molecule is CCc1ccccc1CNCC(O)c1ccccc1. The largest absolute Gasteiger partial charge is 0.387 e. The van der Waals surface area contributed by atoms with Crippen molar-refractivity contribution >= 4 is 0 Å². The van der Waals surface area contributed by atoms with Crippen LogP contribution in [0.3, 0.4) is 0 Å². The number of aryl methyl sites for hydroxylation is 1. The Bertz CT molecular complexity index is 496. The van der Waals surface area contributed by atoms with Gasteiger partial charge in [-0.25, -0.2) is 0 Å². The van der Waals surface area contributed by atoms with Crippen LogP contribution in [0.5, 0.6) is 0 Å². The van der Waals surface area contributed by atoms with E-state index in [9.17, 15) is 5.11 Å². The predicted molar refractivity (Wildman–Crippen MR) is 78.9 cm³/mol. The van der Waals surface area contributed by atoms with Crippen LogP contribution in [0.2, 0.25) is 0 Å². The molecule has 19 heavy (non-hydrogen) atoms. The Labute approximate surface area is 115 Å². The molecule has 0 heterocycles. The summed E-state index contributed by atoms with van der Waals surface area (Å²) in [4.78, 5) is 0. The zero-order chi connectivity index (χ0) is 13.5. The van der Waals surface area contributed by atoms with Gasteiger partial charge in [0, 0.05) is 13.1 Å². The molecule has 2 rings (SSSR count). The maximum Gasteiger partial charge on any atom is 0.0914 e. The van der Waals surface area contributed by atoms with E-state index in [1.54, 1.807) is 0 Å². The summed E-state index contributed by atoms with van der Waals surface area (Å²) >= 11 is 0. The number of rotatable bonds is 6. The summed E-state index contributed by atoms with van der Waals surface area (Å²) in [6, 6.07) is 18.2. The van der Waals surface area contributed by atoms with Crippen molar-refractivity contribution in [1.29, 1.82) is 0 Å². The number of benzene rings is 2. The molecule has 2 nitrogen and oxygen atoms in total. The lowest BCUT2D eigenvalue weighted by molar-refractivity contribution is 0.174. The van der Waals surface area contributed by atoms with E-state index >= 15 is 0 Å². The van der Waals surface area contributed by atoms with Crippen LogP contribution in [0.15, 0.2) is 54.6 Å². The first-order chi connectivity index (χ1) is 9.31. The molecule has 0 aliphatic heterocycles. The molecule has 1 atom stereocenters. The molecule has 0 aliphatic rings. The van der Waals surface area contributed by atoms with Gasteiger partial charge in [0.05, 0.1) is 6.10 Å². The summed E-state index contributed by atoms with van der Waals surface area (Å²) in [5, 5.41) is 13.4. The maximum absolute atomic E-state index is 10.1. The highest BCUT2D eigenvalue weighted by atomic mass is 16.3. The van der Waals surface area contributed by atoms with E-state index < -0.39 is 6.10 Å². The van der Waals surface area contributed by atoms with Crippen molar-refractivity contribution in [1.82, 2.24) is 5.32 Å². The van der Waals surface area contributed by atoms with E-state index in [-0.39, 0.29) is 0 Å². The lowest BCUT2D eigenvalue weighted by Gasteiger charge is -2.13.